The van der Waals surface area contributed by atoms with Crippen LogP contribution in [0.25, 0.3) is 0 Å². The van der Waals surface area contributed by atoms with E-state index in [2.05, 4.69) is 41.2 Å². The Kier molecular flexibility index (Phi) is 6.28. The first-order valence-electron chi connectivity index (χ1n) is 8.69. The molecule has 0 saturated carbocycles. The van der Waals surface area contributed by atoms with Crippen LogP contribution < -0.4 is 5.32 Å². The lowest BCUT2D eigenvalue weighted by Gasteiger charge is -2.28. The molecule has 1 N–H and O–H groups in total. The molecule has 1 aromatic carbocycles. The highest BCUT2D eigenvalue weighted by atomic mass is 35.5. The SMILES string of the molecule is Cc1ncsc1CN(CC1CCNC1)CC(C)c1cccc(Cl)c1. The van der Waals surface area contributed by atoms with Crippen molar-refractivity contribution in [3.05, 3.63) is 50.9 Å². The average molecular weight is 364 g/mol. The summed E-state index contributed by atoms with van der Waals surface area (Å²) < 4.78 is 0. The molecule has 1 aromatic heterocycles. The highest BCUT2D eigenvalue weighted by molar-refractivity contribution is 7.09. The van der Waals surface area contributed by atoms with E-state index >= 15 is 0 Å². The van der Waals surface area contributed by atoms with Gasteiger partial charge in [-0.05, 0) is 56.0 Å². The summed E-state index contributed by atoms with van der Waals surface area (Å²) in [6.45, 7) is 9.90. The fourth-order valence-corrected chi connectivity index (χ4v) is 4.44. The topological polar surface area (TPSA) is 28.2 Å². The van der Waals surface area contributed by atoms with Crippen molar-refractivity contribution in [1.82, 2.24) is 15.2 Å². The molecule has 0 amide bonds. The van der Waals surface area contributed by atoms with E-state index in [9.17, 15) is 0 Å². The van der Waals surface area contributed by atoms with E-state index < -0.39 is 0 Å². The van der Waals surface area contributed by atoms with E-state index in [0.717, 1.165) is 43.7 Å². The van der Waals surface area contributed by atoms with Gasteiger partial charge >= 0.3 is 0 Å². The predicted molar refractivity (Wildman–Crippen MR) is 103 cm³/mol. The van der Waals surface area contributed by atoms with Crippen LogP contribution in [0.2, 0.25) is 5.02 Å². The third-order valence-electron chi connectivity index (χ3n) is 4.84. The maximum atomic E-state index is 6.17. The molecule has 0 aliphatic carbocycles. The summed E-state index contributed by atoms with van der Waals surface area (Å²) in [5.74, 6) is 1.22. The molecular weight excluding hydrogens is 338 g/mol. The minimum Gasteiger partial charge on any atom is -0.316 e. The molecule has 3 nitrogen and oxygen atoms in total. The number of halogens is 1. The first kappa shape index (κ1) is 17.9. The Morgan fingerprint density at radius 2 is 2.33 bits per heavy atom. The summed E-state index contributed by atoms with van der Waals surface area (Å²) in [5.41, 5.74) is 4.45. The molecule has 1 saturated heterocycles. The van der Waals surface area contributed by atoms with Crippen molar-refractivity contribution in [2.45, 2.75) is 32.7 Å². The summed E-state index contributed by atoms with van der Waals surface area (Å²) in [6.07, 6.45) is 1.28. The Morgan fingerprint density at radius 1 is 1.46 bits per heavy atom. The van der Waals surface area contributed by atoms with Crippen LogP contribution in [0.4, 0.5) is 0 Å². The fraction of sp³-hybridized carbons (Fsp3) is 0.526. The van der Waals surface area contributed by atoms with Gasteiger partial charge in [0.2, 0.25) is 0 Å². The average Bonchev–Trinajstić information content (AvgIpc) is 3.20. The van der Waals surface area contributed by atoms with Gasteiger partial charge in [-0.15, -0.1) is 11.3 Å². The van der Waals surface area contributed by atoms with E-state index in [4.69, 9.17) is 11.6 Å². The Balaban J connectivity index is 1.69. The van der Waals surface area contributed by atoms with Crippen LogP contribution in [0.3, 0.4) is 0 Å². The monoisotopic (exact) mass is 363 g/mol. The van der Waals surface area contributed by atoms with Crippen molar-refractivity contribution in [1.29, 1.82) is 0 Å². The van der Waals surface area contributed by atoms with Gasteiger partial charge in [0.25, 0.3) is 0 Å². The fourth-order valence-electron chi connectivity index (χ4n) is 3.43. The van der Waals surface area contributed by atoms with Gasteiger partial charge in [-0.2, -0.15) is 0 Å². The number of thiazole rings is 1. The van der Waals surface area contributed by atoms with Gasteiger partial charge in [-0.3, -0.25) is 4.90 Å². The normalized spacial score (nSPS) is 19.1. The van der Waals surface area contributed by atoms with Gasteiger partial charge in [-0.25, -0.2) is 4.98 Å². The van der Waals surface area contributed by atoms with Crippen LogP contribution in [-0.2, 0) is 6.54 Å². The van der Waals surface area contributed by atoms with Crippen molar-refractivity contribution in [3.63, 3.8) is 0 Å². The van der Waals surface area contributed by atoms with Crippen molar-refractivity contribution < 1.29 is 0 Å². The highest BCUT2D eigenvalue weighted by Gasteiger charge is 2.21. The molecule has 1 fully saturated rings. The van der Waals surface area contributed by atoms with Crippen LogP contribution in [0, 0.1) is 12.8 Å². The lowest BCUT2D eigenvalue weighted by molar-refractivity contribution is 0.220. The molecule has 2 atom stereocenters. The van der Waals surface area contributed by atoms with Gasteiger partial charge in [0.1, 0.15) is 0 Å². The summed E-state index contributed by atoms with van der Waals surface area (Å²) in [5, 5.41) is 4.31. The number of rotatable bonds is 7. The number of nitrogens with one attached hydrogen (secondary N) is 1. The van der Waals surface area contributed by atoms with Gasteiger partial charge in [0, 0.05) is 29.5 Å². The van der Waals surface area contributed by atoms with Crippen molar-refractivity contribution in [2.75, 3.05) is 26.2 Å². The summed E-state index contributed by atoms with van der Waals surface area (Å²) >= 11 is 7.94. The maximum Gasteiger partial charge on any atom is 0.0798 e. The number of nitrogens with zero attached hydrogens (tertiary/aromatic N) is 2. The van der Waals surface area contributed by atoms with E-state index in [-0.39, 0.29) is 0 Å². The number of aromatic nitrogens is 1. The third kappa shape index (κ3) is 4.79. The lowest BCUT2D eigenvalue weighted by Crippen LogP contribution is -2.33. The summed E-state index contributed by atoms with van der Waals surface area (Å²) in [7, 11) is 0. The molecule has 2 aromatic rings. The minimum absolute atomic E-state index is 0.464. The smallest absolute Gasteiger partial charge is 0.0798 e. The van der Waals surface area contributed by atoms with Gasteiger partial charge in [-0.1, -0.05) is 30.7 Å². The van der Waals surface area contributed by atoms with Crippen molar-refractivity contribution in [2.24, 2.45) is 5.92 Å². The Labute approximate surface area is 154 Å². The molecule has 0 spiro atoms. The van der Waals surface area contributed by atoms with Crippen molar-refractivity contribution >= 4 is 22.9 Å². The third-order valence-corrected chi connectivity index (χ3v) is 6.00. The first-order valence-corrected chi connectivity index (χ1v) is 9.95. The molecule has 130 valence electrons. The zero-order chi connectivity index (χ0) is 16.9. The van der Waals surface area contributed by atoms with E-state index in [1.807, 2.05) is 17.6 Å². The van der Waals surface area contributed by atoms with E-state index in [0.29, 0.717) is 5.92 Å². The lowest BCUT2D eigenvalue weighted by atomic mass is 9.99. The van der Waals surface area contributed by atoms with E-state index in [1.165, 1.54) is 22.6 Å². The van der Waals surface area contributed by atoms with Crippen LogP contribution in [0.1, 0.15) is 35.4 Å². The van der Waals surface area contributed by atoms with Crippen LogP contribution in [0.5, 0.6) is 0 Å². The number of hydrogen-bond acceptors (Lipinski definition) is 4. The number of hydrogen-bond donors (Lipinski definition) is 1. The highest BCUT2D eigenvalue weighted by Crippen LogP contribution is 2.24. The Bertz CT molecular complexity index is 652. The molecule has 1 aliphatic rings. The molecule has 2 unspecified atom stereocenters. The summed E-state index contributed by atoms with van der Waals surface area (Å²) in [4.78, 5) is 8.40. The first-order chi connectivity index (χ1) is 11.6. The van der Waals surface area contributed by atoms with Gasteiger partial charge in [0.15, 0.2) is 0 Å². The maximum absolute atomic E-state index is 6.17. The number of aryl methyl sites for hydroxylation is 1. The second kappa shape index (κ2) is 8.43. The second-order valence-corrected chi connectivity index (χ2v) is 8.25. The largest absolute Gasteiger partial charge is 0.316 e. The Hall–Kier alpha value is -0.940. The van der Waals surface area contributed by atoms with Crippen molar-refractivity contribution in [3.8, 4) is 0 Å². The van der Waals surface area contributed by atoms with Crippen LogP contribution >= 0.6 is 22.9 Å². The molecule has 0 bridgehead atoms. The molecule has 3 rings (SSSR count). The zero-order valence-electron chi connectivity index (χ0n) is 14.5. The molecule has 5 heteroatoms. The minimum atomic E-state index is 0.464. The van der Waals surface area contributed by atoms with Gasteiger partial charge in [0.05, 0.1) is 11.2 Å². The second-order valence-electron chi connectivity index (χ2n) is 6.87. The van der Waals surface area contributed by atoms with Gasteiger partial charge < -0.3 is 5.32 Å². The van der Waals surface area contributed by atoms with Crippen LogP contribution in [-0.4, -0.2) is 36.1 Å². The zero-order valence-corrected chi connectivity index (χ0v) is 16.0. The Morgan fingerprint density at radius 3 is 3.00 bits per heavy atom. The van der Waals surface area contributed by atoms with E-state index in [1.54, 1.807) is 11.3 Å². The molecule has 1 aliphatic heterocycles. The predicted octanol–water partition coefficient (Wildman–Crippen LogP) is 4.32. The molecule has 24 heavy (non-hydrogen) atoms. The summed E-state index contributed by atoms with van der Waals surface area (Å²) in [6, 6.07) is 8.27. The standard InChI is InChI=1S/C19H26ClN3S/c1-14(17-4-3-5-18(20)8-17)10-23(11-16-6-7-21-9-16)12-19-15(2)22-13-24-19/h3-5,8,13-14,16,21H,6-7,9-12H2,1-2H3. The molecule has 0 radical (unpaired) electrons. The molecular formula is C19H26ClN3S. The van der Waals surface area contributed by atoms with Crippen LogP contribution in [0.15, 0.2) is 29.8 Å². The molecule has 2 heterocycles. The quantitative estimate of drug-likeness (QED) is 0.794. The number of benzene rings is 1.